The maximum atomic E-state index is 12.6. The van der Waals surface area contributed by atoms with Crippen molar-refractivity contribution in [3.63, 3.8) is 0 Å². The zero-order valence-corrected chi connectivity index (χ0v) is 16.6. The fraction of sp³-hybridized carbons (Fsp3) is 0.364. The van der Waals surface area contributed by atoms with Crippen LogP contribution >= 0.6 is 0 Å². The molecule has 1 aliphatic heterocycles. The number of nitro benzene ring substituents is 1. The Labute approximate surface area is 169 Å². The summed E-state index contributed by atoms with van der Waals surface area (Å²) in [5.41, 5.74) is 4.05. The molecule has 1 aliphatic rings. The van der Waals surface area contributed by atoms with Gasteiger partial charge in [0.2, 0.25) is 5.91 Å². The summed E-state index contributed by atoms with van der Waals surface area (Å²) >= 11 is 0. The molecule has 0 spiro atoms. The number of nitro groups is 1. The van der Waals surface area contributed by atoms with Crippen LogP contribution in [0.4, 0.5) is 11.4 Å². The van der Waals surface area contributed by atoms with Gasteiger partial charge in [-0.25, -0.2) is 0 Å². The van der Waals surface area contributed by atoms with E-state index < -0.39 is 0 Å². The molecule has 0 saturated heterocycles. The minimum Gasteiger partial charge on any atom is -0.379 e. The summed E-state index contributed by atoms with van der Waals surface area (Å²) in [5, 5.41) is 26.0. The Morgan fingerprint density at radius 1 is 1.31 bits per heavy atom. The lowest BCUT2D eigenvalue weighted by atomic mass is 9.87. The smallest absolute Gasteiger partial charge is 0.293 e. The number of nitrogens with one attached hydrogen (secondary N) is 2. The highest BCUT2D eigenvalue weighted by Crippen LogP contribution is 2.38. The van der Waals surface area contributed by atoms with Crippen LogP contribution in [-0.2, 0) is 11.2 Å². The van der Waals surface area contributed by atoms with E-state index in [2.05, 4.69) is 10.6 Å². The average Bonchev–Trinajstić information content (AvgIpc) is 3.18. The van der Waals surface area contributed by atoms with Gasteiger partial charge in [0.25, 0.3) is 5.69 Å². The summed E-state index contributed by atoms with van der Waals surface area (Å²) in [6.07, 6.45) is 1.39. The lowest BCUT2D eigenvalue weighted by Gasteiger charge is -2.19. The SMILES string of the molecule is CC(C)CC(C(=O)NCC#N)c1cccc(-c2cc3c(c([N+](=O)[O-])c2)NCC3)c1. The van der Waals surface area contributed by atoms with Gasteiger partial charge in [-0.15, -0.1) is 0 Å². The summed E-state index contributed by atoms with van der Waals surface area (Å²) in [4.78, 5) is 23.8. The third-order valence-electron chi connectivity index (χ3n) is 5.08. The number of fused-ring (bicyclic) bond motifs is 1. The average molecular weight is 392 g/mol. The van der Waals surface area contributed by atoms with Crippen molar-refractivity contribution >= 4 is 17.3 Å². The second-order valence-electron chi connectivity index (χ2n) is 7.65. The summed E-state index contributed by atoms with van der Waals surface area (Å²) in [5.74, 6) is -0.264. The third-order valence-corrected chi connectivity index (χ3v) is 5.08. The van der Waals surface area contributed by atoms with Gasteiger partial charge in [-0.05, 0) is 47.1 Å². The minimum absolute atomic E-state index is 0.0306. The Morgan fingerprint density at radius 3 is 2.79 bits per heavy atom. The van der Waals surface area contributed by atoms with Crippen LogP contribution in [0.25, 0.3) is 11.1 Å². The Kier molecular flexibility index (Phi) is 6.13. The quantitative estimate of drug-likeness (QED) is 0.421. The normalized spacial score (nSPS) is 13.3. The van der Waals surface area contributed by atoms with Gasteiger partial charge in [0.1, 0.15) is 12.2 Å². The van der Waals surface area contributed by atoms with Crippen LogP contribution in [0.3, 0.4) is 0 Å². The molecule has 1 heterocycles. The van der Waals surface area contributed by atoms with Gasteiger partial charge in [-0.1, -0.05) is 38.1 Å². The lowest BCUT2D eigenvalue weighted by molar-refractivity contribution is -0.383. The molecule has 1 atom stereocenters. The predicted octanol–water partition coefficient (Wildman–Crippen LogP) is 4.00. The summed E-state index contributed by atoms with van der Waals surface area (Å²) in [7, 11) is 0. The molecule has 0 radical (unpaired) electrons. The fourth-order valence-corrected chi connectivity index (χ4v) is 3.77. The first-order chi connectivity index (χ1) is 13.9. The number of amides is 1. The summed E-state index contributed by atoms with van der Waals surface area (Å²) in [6.45, 7) is 4.75. The molecule has 0 bridgehead atoms. The van der Waals surface area contributed by atoms with E-state index in [1.807, 2.05) is 50.2 Å². The Balaban J connectivity index is 2.00. The zero-order valence-electron chi connectivity index (χ0n) is 16.6. The number of carbonyl (C=O) groups is 1. The van der Waals surface area contributed by atoms with Crippen LogP contribution in [0.5, 0.6) is 0 Å². The van der Waals surface area contributed by atoms with Gasteiger partial charge in [-0.3, -0.25) is 14.9 Å². The van der Waals surface area contributed by atoms with Gasteiger partial charge in [0.15, 0.2) is 0 Å². The minimum atomic E-state index is -0.380. The van der Waals surface area contributed by atoms with Crippen molar-refractivity contribution < 1.29 is 9.72 Å². The number of carbonyl (C=O) groups excluding carboxylic acids is 1. The van der Waals surface area contributed by atoms with E-state index in [-0.39, 0.29) is 29.0 Å². The molecule has 0 fully saturated rings. The van der Waals surface area contributed by atoms with Crippen LogP contribution in [0, 0.1) is 27.4 Å². The molecule has 29 heavy (non-hydrogen) atoms. The molecule has 1 amide bonds. The van der Waals surface area contributed by atoms with Crippen LogP contribution in [0.15, 0.2) is 36.4 Å². The van der Waals surface area contributed by atoms with Gasteiger partial charge >= 0.3 is 0 Å². The second-order valence-corrected chi connectivity index (χ2v) is 7.65. The lowest BCUT2D eigenvalue weighted by Crippen LogP contribution is -2.30. The second kappa shape index (κ2) is 8.74. The molecular weight excluding hydrogens is 368 g/mol. The number of nitriles is 1. The predicted molar refractivity (Wildman–Crippen MR) is 112 cm³/mol. The van der Waals surface area contributed by atoms with E-state index in [0.717, 1.165) is 28.7 Å². The molecule has 3 rings (SSSR count). The highest BCUT2D eigenvalue weighted by atomic mass is 16.6. The Bertz CT molecular complexity index is 979. The molecule has 2 aromatic carbocycles. The standard InChI is InChI=1S/C22H24N4O3/c1-14(2)10-19(22(27)25-9-7-23)16-5-3-4-15(11-16)18-12-17-6-8-24-21(17)20(13-18)26(28)29/h3-5,11-14,19,24H,6,8-10H2,1-2H3,(H,25,27). The first-order valence-corrected chi connectivity index (χ1v) is 9.71. The molecule has 2 aromatic rings. The number of hydrogen-bond donors (Lipinski definition) is 2. The first kappa shape index (κ1) is 20.3. The number of nitrogens with zero attached hydrogens (tertiary/aromatic N) is 2. The van der Waals surface area contributed by atoms with E-state index >= 15 is 0 Å². The van der Waals surface area contributed by atoms with Crippen molar-refractivity contribution in [2.45, 2.75) is 32.6 Å². The zero-order chi connectivity index (χ0) is 21.0. The van der Waals surface area contributed by atoms with Crippen LogP contribution < -0.4 is 10.6 Å². The van der Waals surface area contributed by atoms with E-state index in [0.29, 0.717) is 24.6 Å². The molecule has 150 valence electrons. The van der Waals surface area contributed by atoms with E-state index in [4.69, 9.17) is 5.26 Å². The topological polar surface area (TPSA) is 108 Å². The van der Waals surface area contributed by atoms with Crippen molar-refractivity contribution in [2.75, 3.05) is 18.4 Å². The highest BCUT2D eigenvalue weighted by molar-refractivity contribution is 5.85. The van der Waals surface area contributed by atoms with Gasteiger partial charge < -0.3 is 10.6 Å². The molecule has 0 saturated carbocycles. The molecule has 1 unspecified atom stereocenters. The third kappa shape index (κ3) is 4.54. The molecule has 7 heteroatoms. The maximum Gasteiger partial charge on any atom is 0.293 e. The first-order valence-electron chi connectivity index (χ1n) is 9.71. The number of anilines is 1. The van der Waals surface area contributed by atoms with Crippen molar-refractivity contribution in [1.29, 1.82) is 5.26 Å². The van der Waals surface area contributed by atoms with Gasteiger partial charge in [0.05, 0.1) is 16.9 Å². The van der Waals surface area contributed by atoms with E-state index in [1.54, 1.807) is 6.07 Å². The van der Waals surface area contributed by atoms with Crippen molar-refractivity contribution in [3.05, 3.63) is 57.6 Å². The largest absolute Gasteiger partial charge is 0.379 e. The maximum absolute atomic E-state index is 12.6. The van der Waals surface area contributed by atoms with Crippen molar-refractivity contribution in [2.24, 2.45) is 5.92 Å². The molecule has 2 N–H and O–H groups in total. The molecule has 0 aliphatic carbocycles. The number of hydrogen-bond acceptors (Lipinski definition) is 5. The van der Waals surface area contributed by atoms with Crippen LogP contribution in [-0.4, -0.2) is 23.9 Å². The van der Waals surface area contributed by atoms with Gasteiger partial charge in [-0.2, -0.15) is 5.26 Å². The molecule has 7 nitrogen and oxygen atoms in total. The van der Waals surface area contributed by atoms with Crippen molar-refractivity contribution in [3.8, 4) is 17.2 Å². The van der Waals surface area contributed by atoms with Crippen LogP contribution in [0.2, 0.25) is 0 Å². The summed E-state index contributed by atoms with van der Waals surface area (Å²) in [6, 6.07) is 13.1. The van der Waals surface area contributed by atoms with Crippen molar-refractivity contribution in [1.82, 2.24) is 5.32 Å². The Morgan fingerprint density at radius 2 is 2.10 bits per heavy atom. The molecule has 0 aromatic heterocycles. The van der Waals surface area contributed by atoms with Gasteiger partial charge in [0, 0.05) is 12.6 Å². The van der Waals surface area contributed by atoms with E-state index in [1.165, 1.54) is 0 Å². The van der Waals surface area contributed by atoms with E-state index in [9.17, 15) is 14.9 Å². The number of rotatable bonds is 7. The highest BCUT2D eigenvalue weighted by Gasteiger charge is 2.25. The monoisotopic (exact) mass is 392 g/mol. The fourth-order valence-electron chi connectivity index (χ4n) is 3.77. The summed E-state index contributed by atoms with van der Waals surface area (Å²) < 4.78 is 0. The Hall–Kier alpha value is -3.40. The number of benzene rings is 2. The molecular formula is C22H24N4O3. The van der Waals surface area contributed by atoms with Crippen LogP contribution in [0.1, 0.15) is 37.3 Å².